The summed E-state index contributed by atoms with van der Waals surface area (Å²) < 4.78 is 2.81. The molecule has 0 aliphatic carbocycles. The van der Waals surface area contributed by atoms with Crippen LogP contribution in [0.25, 0.3) is 0 Å². The van der Waals surface area contributed by atoms with Gasteiger partial charge in [-0.05, 0) is 36.9 Å². The number of nitrogens with one attached hydrogen (secondary N) is 1. The third kappa shape index (κ3) is 5.48. The predicted octanol–water partition coefficient (Wildman–Crippen LogP) is 2.95. The second kappa shape index (κ2) is 11.3. The molecule has 1 aromatic heterocycles. The fraction of sp³-hybridized carbons (Fsp3) is 0.360. The van der Waals surface area contributed by atoms with Crippen molar-refractivity contribution in [1.29, 1.82) is 0 Å². The Hall–Kier alpha value is -3.32. The van der Waals surface area contributed by atoms with Crippen LogP contribution < -0.4 is 16.7 Å². The van der Waals surface area contributed by atoms with Crippen LogP contribution in [0.4, 0.5) is 0 Å². The highest BCUT2D eigenvalue weighted by Gasteiger charge is 2.29. The molecule has 1 heterocycles. The summed E-state index contributed by atoms with van der Waals surface area (Å²) in [5, 5.41) is 14.0. The van der Waals surface area contributed by atoms with Gasteiger partial charge in [-0.3, -0.25) is 13.9 Å². The van der Waals surface area contributed by atoms with E-state index in [1.165, 1.54) is 4.57 Å². The van der Waals surface area contributed by atoms with Gasteiger partial charge < -0.3 is 16.2 Å². The summed E-state index contributed by atoms with van der Waals surface area (Å²) in [6.07, 6.45) is 2.23. The van der Waals surface area contributed by atoms with E-state index in [-0.39, 0.29) is 17.5 Å². The minimum absolute atomic E-state index is 0.146. The van der Waals surface area contributed by atoms with Gasteiger partial charge in [0.1, 0.15) is 6.04 Å². The molecule has 7 heteroatoms. The summed E-state index contributed by atoms with van der Waals surface area (Å²) in [4.78, 5) is 26.5. The van der Waals surface area contributed by atoms with Gasteiger partial charge in [0.05, 0.1) is 12.2 Å². The average Bonchev–Trinajstić information content (AvgIpc) is 3.04. The molecule has 0 aliphatic rings. The standard InChI is InChI=1S/C25H32N4O3/c1-2-10-21(23(30)27-17-19-11-5-3-6-12-19)29-24(31)22(15-9-16-26)28(25(29)32)18-20-13-7-4-8-14-20/h3-8,11-14,21,31H,2,9-10,15-18,26H2,1H3,(H,27,30)/t21-/m1/s1. The molecule has 3 aromatic rings. The van der Waals surface area contributed by atoms with Gasteiger partial charge >= 0.3 is 5.69 Å². The number of nitrogens with zero attached hydrogens (tertiary/aromatic N) is 2. The van der Waals surface area contributed by atoms with Crippen molar-refractivity contribution >= 4 is 5.91 Å². The highest BCUT2D eigenvalue weighted by Crippen LogP contribution is 2.25. The third-order valence-corrected chi connectivity index (χ3v) is 5.54. The molecule has 0 bridgehead atoms. The predicted molar refractivity (Wildman–Crippen MR) is 126 cm³/mol. The smallest absolute Gasteiger partial charge is 0.332 e. The Kier molecular flexibility index (Phi) is 8.27. The van der Waals surface area contributed by atoms with Crippen molar-refractivity contribution in [2.45, 2.75) is 51.7 Å². The van der Waals surface area contributed by atoms with Gasteiger partial charge in [0.15, 0.2) is 0 Å². The molecular formula is C25H32N4O3. The Morgan fingerprint density at radius 1 is 1.06 bits per heavy atom. The zero-order valence-electron chi connectivity index (χ0n) is 18.5. The molecule has 0 fully saturated rings. The van der Waals surface area contributed by atoms with Crippen molar-refractivity contribution in [1.82, 2.24) is 14.5 Å². The maximum Gasteiger partial charge on any atom is 0.332 e. The summed E-state index contributed by atoms with van der Waals surface area (Å²) in [5.74, 6) is -0.428. The van der Waals surface area contributed by atoms with Crippen LogP contribution in [0.3, 0.4) is 0 Å². The maximum absolute atomic E-state index is 13.4. The Morgan fingerprint density at radius 3 is 2.28 bits per heavy atom. The minimum Gasteiger partial charge on any atom is -0.493 e. The highest BCUT2D eigenvalue weighted by molar-refractivity contribution is 5.80. The number of carbonyl (C=O) groups is 1. The molecule has 7 nitrogen and oxygen atoms in total. The Bertz CT molecular complexity index is 1060. The summed E-state index contributed by atoms with van der Waals surface area (Å²) >= 11 is 0. The Labute approximate surface area is 188 Å². The zero-order chi connectivity index (χ0) is 22.9. The topological polar surface area (TPSA) is 102 Å². The van der Waals surface area contributed by atoms with Crippen LogP contribution in [0.2, 0.25) is 0 Å². The number of aromatic nitrogens is 2. The number of aromatic hydroxyl groups is 1. The number of rotatable bonds is 11. The molecular weight excluding hydrogens is 404 g/mol. The number of benzene rings is 2. The molecule has 0 saturated heterocycles. The molecule has 1 atom stereocenters. The van der Waals surface area contributed by atoms with Crippen LogP contribution in [0.15, 0.2) is 65.5 Å². The van der Waals surface area contributed by atoms with Crippen molar-refractivity contribution in [3.63, 3.8) is 0 Å². The number of hydrogen-bond donors (Lipinski definition) is 3. The molecule has 4 N–H and O–H groups in total. The summed E-state index contributed by atoms with van der Waals surface area (Å²) in [7, 11) is 0. The summed E-state index contributed by atoms with van der Waals surface area (Å²) in [5.41, 5.74) is 7.73. The molecule has 0 radical (unpaired) electrons. The van der Waals surface area contributed by atoms with E-state index in [0.717, 1.165) is 11.1 Å². The van der Waals surface area contributed by atoms with E-state index in [1.54, 1.807) is 4.57 Å². The molecule has 3 rings (SSSR count). The van der Waals surface area contributed by atoms with Crippen molar-refractivity contribution in [2.75, 3.05) is 6.54 Å². The van der Waals surface area contributed by atoms with E-state index in [9.17, 15) is 14.7 Å². The van der Waals surface area contributed by atoms with Gasteiger partial charge in [0, 0.05) is 6.54 Å². The fourth-order valence-electron chi connectivity index (χ4n) is 3.88. The first kappa shape index (κ1) is 23.3. The van der Waals surface area contributed by atoms with Crippen LogP contribution in [0.5, 0.6) is 5.88 Å². The van der Waals surface area contributed by atoms with Crippen LogP contribution in [0.1, 0.15) is 49.0 Å². The van der Waals surface area contributed by atoms with E-state index in [1.807, 2.05) is 67.6 Å². The largest absolute Gasteiger partial charge is 0.493 e. The number of amides is 1. The van der Waals surface area contributed by atoms with E-state index < -0.39 is 6.04 Å². The van der Waals surface area contributed by atoms with Gasteiger partial charge in [-0.1, -0.05) is 74.0 Å². The number of imidazole rings is 1. The van der Waals surface area contributed by atoms with E-state index >= 15 is 0 Å². The molecule has 32 heavy (non-hydrogen) atoms. The molecule has 170 valence electrons. The van der Waals surface area contributed by atoms with Crippen molar-refractivity contribution in [3.8, 4) is 5.88 Å². The molecule has 2 aromatic carbocycles. The lowest BCUT2D eigenvalue weighted by molar-refractivity contribution is -0.124. The van der Waals surface area contributed by atoms with E-state index in [0.29, 0.717) is 51.0 Å². The summed E-state index contributed by atoms with van der Waals surface area (Å²) in [6, 6.07) is 18.4. The maximum atomic E-state index is 13.4. The van der Waals surface area contributed by atoms with Crippen molar-refractivity contribution in [3.05, 3.63) is 88.0 Å². The van der Waals surface area contributed by atoms with Crippen LogP contribution in [-0.4, -0.2) is 26.7 Å². The lowest BCUT2D eigenvalue weighted by atomic mass is 10.1. The van der Waals surface area contributed by atoms with E-state index in [4.69, 9.17) is 5.73 Å². The van der Waals surface area contributed by atoms with Crippen molar-refractivity contribution < 1.29 is 9.90 Å². The first-order valence-corrected chi connectivity index (χ1v) is 11.1. The molecule has 0 saturated carbocycles. The molecule has 0 unspecified atom stereocenters. The number of carbonyl (C=O) groups excluding carboxylic acids is 1. The number of hydrogen-bond acceptors (Lipinski definition) is 4. The minimum atomic E-state index is -0.787. The van der Waals surface area contributed by atoms with Gasteiger partial charge in [-0.2, -0.15) is 0 Å². The average molecular weight is 437 g/mol. The zero-order valence-corrected chi connectivity index (χ0v) is 18.5. The van der Waals surface area contributed by atoms with Crippen molar-refractivity contribution in [2.24, 2.45) is 5.73 Å². The lowest BCUT2D eigenvalue weighted by Gasteiger charge is -2.18. The highest BCUT2D eigenvalue weighted by atomic mass is 16.3. The lowest BCUT2D eigenvalue weighted by Crippen LogP contribution is -2.37. The monoisotopic (exact) mass is 436 g/mol. The number of nitrogens with two attached hydrogens (primary N) is 1. The molecule has 0 spiro atoms. The fourth-order valence-corrected chi connectivity index (χ4v) is 3.88. The Balaban J connectivity index is 1.94. The van der Waals surface area contributed by atoms with Gasteiger partial charge in [0.25, 0.3) is 0 Å². The normalized spacial score (nSPS) is 11.9. The van der Waals surface area contributed by atoms with E-state index in [2.05, 4.69) is 5.32 Å². The second-order valence-corrected chi connectivity index (χ2v) is 7.89. The van der Waals surface area contributed by atoms with Gasteiger partial charge in [-0.15, -0.1) is 0 Å². The van der Waals surface area contributed by atoms with Crippen LogP contribution in [0, 0.1) is 0 Å². The third-order valence-electron chi connectivity index (χ3n) is 5.54. The van der Waals surface area contributed by atoms with Gasteiger partial charge in [0.2, 0.25) is 11.8 Å². The van der Waals surface area contributed by atoms with Crippen LogP contribution in [-0.2, 0) is 24.3 Å². The van der Waals surface area contributed by atoms with Crippen LogP contribution >= 0.6 is 0 Å². The first-order chi connectivity index (χ1) is 15.6. The first-order valence-electron chi connectivity index (χ1n) is 11.1. The Morgan fingerprint density at radius 2 is 1.69 bits per heavy atom. The molecule has 0 aliphatic heterocycles. The van der Waals surface area contributed by atoms with Gasteiger partial charge in [-0.25, -0.2) is 4.79 Å². The second-order valence-electron chi connectivity index (χ2n) is 7.89. The quantitative estimate of drug-likeness (QED) is 0.430. The SMILES string of the molecule is CCC[C@H](C(=O)NCc1ccccc1)n1c(O)c(CCCN)n(Cc2ccccc2)c1=O. The molecule has 1 amide bonds. The summed E-state index contributed by atoms with van der Waals surface area (Å²) in [6.45, 7) is 3.08.